The van der Waals surface area contributed by atoms with Gasteiger partial charge >= 0.3 is 0 Å². The van der Waals surface area contributed by atoms with Crippen LogP contribution in [0.25, 0.3) is 33.3 Å². The van der Waals surface area contributed by atoms with Crippen molar-refractivity contribution in [2.24, 2.45) is 4.99 Å². The number of hydrogen-bond acceptors (Lipinski definition) is 2. The average Bonchev–Trinajstić information content (AvgIpc) is 3.23. The van der Waals surface area contributed by atoms with Gasteiger partial charge < -0.3 is 4.98 Å². The standard InChI is InChI=1S/C27H21N3/c1-19-10-8-9-15-24(19)28-18-25-29-26-22(20-11-4-2-5-12-20)16-17-23(27(26)30-25)21-13-6-3-7-14-21/h2-18H,1H3,(H,29,30)/b28-18+. The fourth-order valence-electron chi connectivity index (χ4n) is 3.72. The van der Waals surface area contributed by atoms with Gasteiger partial charge in [0.15, 0.2) is 0 Å². The lowest BCUT2D eigenvalue weighted by Gasteiger charge is -2.07. The summed E-state index contributed by atoms with van der Waals surface area (Å²) < 4.78 is 0. The van der Waals surface area contributed by atoms with Crippen molar-refractivity contribution < 1.29 is 0 Å². The van der Waals surface area contributed by atoms with Crippen LogP contribution in [0.2, 0.25) is 0 Å². The summed E-state index contributed by atoms with van der Waals surface area (Å²) in [6, 6.07) is 33.2. The van der Waals surface area contributed by atoms with Crippen LogP contribution in [0, 0.1) is 6.92 Å². The third kappa shape index (κ3) is 3.42. The predicted octanol–water partition coefficient (Wildman–Crippen LogP) is 6.96. The molecule has 144 valence electrons. The normalized spacial score (nSPS) is 11.4. The zero-order valence-electron chi connectivity index (χ0n) is 16.7. The average molecular weight is 387 g/mol. The molecule has 0 amide bonds. The zero-order chi connectivity index (χ0) is 20.3. The van der Waals surface area contributed by atoms with E-state index in [1.54, 1.807) is 0 Å². The first-order chi connectivity index (χ1) is 14.8. The van der Waals surface area contributed by atoms with Gasteiger partial charge in [-0.2, -0.15) is 0 Å². The summed E-state index contributed by atoms with van der Waals surface area (Å²) >= 11 is 0. The summed E-state index contributed by atoms with van der Waals surface area (Å²) in [5, 5.41) is 0. The Balaban J connectivity index is 1.68. The maximum atomic E-state index is 4.92. The largest absolute Gasteiger partial charge is 0.337 e. The Morgan fingerprint density at radius 2 is 1.30 bits per heavy atom. The highest BCUT2D eigenvalue weighted by molar-refractivity contribution is 6.02. The van der Waals surface area contributed by atoms with Crippen molar-refractivity contribution in [1.29, 1.82) is 0 Å². The maximum Gasteiger partial charge on any atom is 0.149 e. The number of aromatic nitrogens is 2. The van der Waals surface area contributed by atoms with Gasteiger partial charge in [0.1, 0.15) is 5.82 Å². The van der Waals surface area contributed by atoms with E-state index in [0.717, 1.165) is 50.4 Å². The van der Waals surface area contributed by atoms with E-state index in [1.165, 1.54) is 0 Å². The van der Waals surface area contributed by atoms with E-state index < -0.39 is 0 Å². The van der Waals surface area contributed by atoms with Gasteiger partial charge in [-0.3, -0.25) is 4.99 Å². The molecule has 0 atom stereocenters. The molecule has 0 radical (unpaired) electrons. The first kappa shape index (κ1) is 18.1. The molecule has 0 aliphatic carbocycles. The van der Waals surface area contributed by atoms with Gasteiger partial charge in [-0.1, -0.05) is 91.0 Å². The number of aliphatic imine (C=N–C) groups is 1. The number of aromatic amines is 1. The first-order valence-electron chi connectivity index (χ1n) is 10.0. The smallest absolute Gasteiger partial charge is 0.149 e. The second-order valence-corrected chi connectivity index (χ2v) is 7.28. The Labute approximate surface area is 175 Å². The molecular weight excluding hydrogens is 366 g/mol. The van der Waals surface area contributed by atoms with Crippen molar-refractivity contribution in [3.05, 3.63) is 108 Å². The Bertz CT molecular complexity index is 1260. The highest BCUT2D eigenvalue weighted by Gasteiger charge is 2.13. The second kappa shape index (κ2) is 7.80. The van der Waals surface area contributed by atoms with Gasteiger partial charge in [-0.15, -0.1) is 0 Å². The lowest BCUT2D eigenvalue weighted by Crippen LogP contribution is -1.85. The Morgan fingerprint density at radius 3 is 2.00 bits per heavy atom. The van der Waals surface area contributed by atoms with Gasteiger partial charge in [-0.25, -0.2) is 4.98 Å². The van der Waals surface area contributed by atoms with E-state index >= 15 is 0 Å². The van der Waals surface area contributed by atoms with Crippen molar-refractivity contribution in [2.75, 3.05) is 0 Å². The van der Waals surface area contributed by atoms with E-state index in [2.05, 4.69) is 83.6 Å². The molecule has 0 fully saturated rings. The van der Waals surface area contributed by atoms with Crippen LogP contribution >= 0.6 is 0 Å². The van der Waals surface area contributed by atoms with Gasteiger partial charge in [0, 0.05) is 11.1 Å². The molecule has 0 aliphatic heterocycles. The molecule has 0 saturated heterocycles. The monoisotopic (exact) mass is 387 g/mol. The molecule has 1 aromatic heterocycles. The Kier molecular flexibility index (Phi) is 4.70. The summed E-state index contributed by atoms with van der Waals surface area (Å²) in [5.41, 5.74) is 8.61. The molecule has 0 bridgehead atoms. The lowest BCUT2D eigenvalue weighted by atomic mass is 9.98. The minimum atomic E-state index is 0.744. The Morgan fingerprint density at radius 1 is 0.700 bits per heavy atom. The number of aryl methyl sites for hydroxylation is 1. The van der Waals surface area contributed by atoms with Crippen LogP contribution in [-0.2, 0) is 0 Å². The number of para-hydroxylation sites is 1. The van der Waals surface area contributed by atoms with E-state index in [-0.39, 0.29) is 0 Å². The van der Waals surface area contributed by atoms with Gasteiger partial charge in [0.25, 0.3) is 0 Å². The number of imidazole rings is 1. The van der Waals surface area contributed by atoms with E-state index in [4.69, 9.17) is 4.98 Å². The second-order valence-electron chi connectivity index (χ2n) is 7.28. The van der Waals surface area contributed by atoms with Crippen LogP contribution < -0.4 is 0 Å². The molecule has 3 nitrogen and oxygen atoms in total. The van der Waals surface area contributed by atoms with Crippen LogP contribution in [0.5, 0.6) is 0 Å². The summed E-state index contributed by atoms with van der Waals surface area (Å²) in [5.74, 6) is 0.744. The number of H-pyrrole nitrogens is 1. The van der Waals surface area contributed by atoms with Crippen LogP contribution in [-0.4, -0.2) is 16.2 Å². The van der Waals surface area contributed by atoms with Gasteiger partial charge in [-0.05, 0) is 29.7 Å². The number of fused-ring (bicyclic) bond motifs is 1. The van der Waals surface area contributed by atoms with Crippen molar-refractivity contribution in [1.82, 2.24) is 9.97 Å². The fourth-order valence-corrected chi connectivity index (χ4v) is 3.72. The van der Waals surface area contributed by atoms with Crippen molar-refractivity contribution in [2.45, 2.75) is 6.92 Å². The van der Waals surface area contributed by atoms with Crippen molar-refractivity contribution in [3.63, 3.8) is 0 Å². The number of hydrogen-bond donors (Lipinski definition) is 1. The summed E-state index contributed by atoms with van der Waals surface area (Å²) in [6.07, 6.45) is 1.81. The SMILES string of the molecule is Cc1ccccc1/N=C/c1nc2c(-c3ccccc3)ccc(-c3ccccc3)c2[nH]1. The Hall–Kier alpha value is -3.98. The summed E-state index contributed by atoms with van der Waals surface area (Å²) in [6.45, 7) is 2.06. The molecule has 5 aromatic rings. The van der Waals surface area contributed by atoms with Crippen LogP contribution in [0.15, 0.2) is 102 Å². The minimum Gasteiger partial charge on any atom is -0.337 e. The quantitative estimate of drug-likeness (QED) is 0.333. The summed E-state index contributed by atoms with van der Waals surface area (Å²) in [7, 11) is 0. The minimum absolute atomic E-state index is 0.744. The number of rotatable bonds is 4. The van der Waals surface area contributed by atoms with Gasteiger partial charge in [0.2, 0.25) is 0 Å². The van der Waals surface area contributed by atoms with Crippen LogP contribution in [0.3, 0.4) is 0 Å². The maximum absolute atomic E-state index is 4.92. The van der Waals surface area contributed by atoms with E-state index in [0.29, 0.717) is 0 Å². The molecule has 1 N–H and O–H groups in total. The molecule has 3 heteroatoms. The molecule has 5 rings (SSSR count). The fraction of sp³-hybridized carbons (Fsp3) is 0.0370. The molecule has 0 aliphatic rings. The molecule has 4 aromatic carbocycles. The third-order valence-electron chi connectivity index (χ3n) is 5.27. The molecule has 30 heavy (non-hydrogen) atoms. The van der Waals surface area contributed by atoms with Crippen LogP contribution in [0.4, 0.5) is 5.69 Å². The summed E-state index contributed by atoms with van der Waals surface area (Å²) in [4.78, 5) is 13.1. The van der Waals surface area contributed by atoms with E-state index in [1.807, 2.05) is 36.5 Å². The lowest BCUT2D eigenvalue weighted by molar-refractivity contribution is 1.29. The molecule has 0 spiro atoms. The van der Waals surface area contributed by atoms with Gasteiger partial charge in [0.05, 0.1) is 22.9 Å². The van der Waals surface area contributed by atoms with E-state index in [9.17, 15) is 0 Å². The van der Waals surface area contributed by atoms with Crippen molar-refractivity contribution >= 4 is 22.9 Å². The number of nitrogens with one attached hydrogen (secondary N) is 1. The molecule has 1 heterocycles. The number of nitrogens with zero attached hydrogens (tertiary/aromatic N) is 2. The zero-order valence-corrected chi connectivity index (χ0v) is 16.7. The molecule has 0 unspecified atom stereocenters. The van der Waals surface area contributed by atoms with Crippen molar-refractivity contribution in [3.8, 4) is 22.3 Å². The topological polar surface area (TPSA) is 41.0 Å². The first-order valence-corrected chi connectivity index (χ1v) is 10.0. The molecular formula is C27H21N3. The number of benzene rings is 4. The predicted molar refractivity (Wildman–Crippen MR) is 125 cm³/mol. The highest BCUT2D eigenvalue weighted by atomic mass is 14.9. The van der Waals surface area contributed by atoms with Crippen LogP contribution in [0.1, 0.15) is 11.4 Å². The molecule has 0 saturated carbocycles. The third-order valence-corrected chi connectivity index (χ3v) is 5.27. The highest BCUT2D eigenvalue weighted by Crippen LogP contribution is 2.34.